The molecule has 3 heterocycles. The molecule has 0 aliphatic carbocycles. The lowest BCUT2D eigenvalue weighted by molar-refractivity contribution is 0.204. The average molecular weight is 286 g/mol. The van der Waals surface area contributed by atoms with E-state index in [4.69, 9.17) is 4.98 Å². The van der Waals surface area contributed by atoms with E-state index in [1.54, 1.807) is 0 Å². The van der Waals surface area contributed by atoms with E-state index in [-0.39, 0.29) is 5.41 Å². The molecule has 114 valence electrons. The van der Waals surface area contributed by atoms with Crippen LogP contribution >= 0.6 is 0 Å². The summed E-state index contributed by atoms with van der Waals surface area (Å²) in [6.07, 6.45) is 4.42. The van der Waals surface area contributed by atoms with Crippen LogP contribution in [0.4, 0.5) is 0 Å². The normalized spacial score (nSPS) is 18.5. The van der Waals surface area contributed by atoms with Crippen LogP contribution < -0.4 is 0 Å². The number of pyridine rings is 1. The molecule has 0 unspecified atom stereocenters. The number of hydrogen-bond acceptors (Lipinski definition) is 3. The number of likely N-dealkylation sites (tertiary alicyclic amines) is 1. The molecule has 21 heavy (non-hydrogen) atoms. The van der Waals surface area contributed by atoms with Gasteiger partial charge in [0, 0.05) is 18.2 Å². The van der Waals surface area contributed by atoms with E-state index in [1.165, 1.54) is 25.9 Å². The smallest absolute Gasteiger partial charge is 0.160 e. The van der Waals surface area contributed by atoms with Crippen molar-refractivity contribution < 1.29 is 0 Å². The molecule has 1 fully saturated rings. The number of fused-ring (bicyclic) bond motifs is 1. The molecular formula is C17H26N4. The molecule has 1 saturated heterocycles. The number of hydrogen-bond donors (Lipinski definition) is 0. The number of imidazole rings is 1. The van der Waals surface area contributed by atoms with Crippen LogP contribution in [0.5, 0.6) is 0 Å². The molecule has 1 aliphatic rings. The van der Waals surface area contributed by atoms with Crippen LogP contribution in [-0.4, -0.2) is 39.6 Å². The highest BCUT2D eigenvalue weighted by Gasteiger charge is 2.26. The molecule has 3 rings (SSSR count). The van der Waals surface area contributed by atoms with Gasteiger partial charge in [0.05, 0.1) is 0 Å². The Bertz CT molecular complexity index is 615. The molecule has 2 aromatic heterocycles. The Morgan fingerprint density at radius 1 is 1.24 bits per heavy atom. The molecule has 4 nitrogen and oxygen atoms in total. The molecule has 0 saturated carbocycles. The van der Waals surface area contributed by atoms with Crippen LogP contribution in [0.25, 0.3) is 11.2 Å². The molecule has 2 aromatic rings. The fraction of sp³-hybridized carbons (Fsp3) is 0.647. The minimum Gasteiger partial charge on any atom is -0.312 e. The predicted octanol–water partition coefficient (Wildman–Crippen LogP) is 3.07. The van der Waals surface area contributed by atoms with Crippen molar-refractivity contribution in [1.82, 2.24) is 19.4 Å². The van der Waals surface area contributed by atoms with Gasteiger partial charge in [-0.1, -0.05) is 20.8 Å². The Morgan fingerprint density at radius 2 is 1.95 bits per heavy atom. The zero-order valence-corrected chi connectivity index (χ0v) is 13.6. The maximum Gasteiger partial charge on any atom is 0.160 e. The second-order valence-corrected chi connectivity index (χ2v) is 7.39. The molecule has 0 bridgehead atoms. The number of piperidine rings is 1. The summed E-state index contributed by atoms with van der Waals surface area (Å²) >= 11 is 0. The molecule has 0 spiro atoms. The zero-order valence-electron chi connectivity index (χ0n) is 13.6. The van der Waals surface area contributed by atoms with Gasteiger partial charge in [0.15, 0.2) is 5.65 Å². The zero-order chi connectivity index (χ0) is 15.0. The van der Waals surface area contributed by atoms with Gasteiger partial charge in [0.25, 0.3) is 0 Å². The third kappa shape index (κ3) is 2.95. The summed E-state index contributed by atoms with van der Waals surface area (Å²) in [7, 11) is 2.21. The lowest BCUT2D eigenvalue weighted by Crippen LogP contribution is -2.32. The molecule has 4 heteroatoms. The van der Waals surface area contributed by atoms with Crippen LogP contribution in [0.1, 0.15) is 39.4 Å². The summed E-state index contributed by atoms with van der Waals surface area (Å²) < 4.78 is 2.37. The first-order valence-corrected chi connectivity index (χ1v) is 7.95. The molecular weight excluding hydrogens is 260 g/mol. The third-order valence-electron chi connectivity index (χ3n) is 4.45. The Kier molecular flexibility index (Phi) is 3.74. The topological polar surface area (TPSA) is 34.0 Å². The summed E-state index contributed by atoms with van der Waals surface area (Å²) in [5.41, 5.74) is 2.11. The van der Waals surface area contributed by atoms with E-state index in [0.29, 0.717) is 0 Å². The fourth-order valence-electron chi connectivity index (χ4n) is 3.21. The summed E-state index contributed by atoms with van der Waals surface area (Å²) in [5, 5.41) is 0. The molecule has 0 aromatic carbocycles. The number of nitrogens with zero attached hydrogens (tertiary/aromatic N) is 4. The van der Waals surface area contributed by atoms with E-state index >= 15 is 0 Å². The Labute approximate surface area is 127 Å². The van der Waals surface area contributed by atoms with E-state index < -0.39 is 0 Å². The minimum absolute atomic E-state index is 0.0478. The predicted molar refractivity (Wildman–Crippen MR) is 86.4 cm³/mol. The van der Waals surface area contributed by atoms with Crippen LogP contribution in [0.2, 0.25) is 0 Å². The molecule has 1 aliphatic heterocycles. The van der Waals surface area contributed by atoms with Crippen LogP contribution in [0, 0.1) is 5.92 Å². The Balaban J connectivity index is 1.96. The van der Waals surface area contributed by atoms with Gasteiger partial charge in [-0.15, -0.1) is 0 Å². The van der Waals surface area contributed by atoms with Gasteiger partial charge in [-0.05, 0) is 51.0 Å². The molecule has 0 radical (unpaired) electrons. The monoisotopic (exact) mass is 286 g/mol. The molecule has 0 amide bonds. The highest BCUT2D eigenvalue weighted by Crippen LogP contribution is 2.28. The largest absolute Gasteiger partial charge is 0.312 e. The van der Waals surface area contributed by atoms with Gasteiger partial charge in [-0.2, -0.15) is 0 Å². The first-order valence-electron chi connectivity index (χ1n) is 7.95. The number of rotatable bonds is 2. The molecule has 0 atom stereocenters. The summed E-state index contributed by atoms with van der Waals surface area (Å²) in [6.45, 7) is 10.2. The highest BCUT2D eigenvalue weighted by molar-refractivity contribution is 5.71. The first kappa shape index (κ1) is 14.5. The fourth-order valence-corrected chi connectivity index (χ4v) is 3.21. The summed E-state index contributed by atoms with van der Waals surface area (Å²) in [5.74, 6) is 1.90. The van der Waals surface area contributed by atoms with E-state index in [0.717, 1.165) is 29.5 Å². The van der Waals surface area contributed by atoms with Crippen molar-refractivity contribution in [2.75, 3.05) is 20.1 Å². The van der Waals surface area contributed by atoms with Crippen LogP contribution in [-0.2, 0) is 12.0 Å². The second-order valence-electron chi connectivity index (χ2n) is 7.39. The van der Waals surface area contributed by atoms with Crippen molar-refractivity contribution >= 4 is 11.2 Å². The quantitative estimate of drug-likeness (QED) is 0.851. The summed E-state index contributed by atoms with van der Waals surface area (Å²) in [4.78, 5) is 11.9. The molecule has 0 N–H and O–H groups in total. The van der Waals surface area contributed by atoms with Crippen molar-refractivity contribution in [3.05, 3.63) is 24.2 Å². The van der Waals surface area contributed by atoms with E-state index in [1.807, 2.05) is 12.3 Å². The minimum atomic E-state index is 0.0478. The number of aromatic nitrogens is 3. The van der Waals surface area contributed by atoms with Gasteiger partial charge < -0.3 is 9.47 Å². The SMILES string of the molecule is CN1CCC(Cn2c(C(C)(C)C)nc3cccnc32)CC1. The van der Waals surface area contributed by atoms with Crippen molar-refractivity contribution in [1.29, 1.82) is 0 Å². The average Bonchev–Trinajstić information content (AvgIpc) is 2.81. The Hall–Kier alpha value is -1.42. The van der Waals surface area contributed by atoms with Crippen molar-refractivity contribution in [3.8, 4) is 0 Å². The van der Waals surface area contributed by atoms with Gasteiger partial charge in [0.1, 0.15) is 11.3 Å². The van der Waals surface area contributed by atoms with Gasteiger partial charge in [-0.3, -0.25) is 0 Å². The van der Waals surface area contributed by atoms with Gasteiger partial charge in [-0.25, -0.2) is 9.97 Å². The van der Waals surface area contributed by atoms with Gasteiger partial charge in [0.2, 0.25) is 0 Å². The van der Waals surface area contributed by atoms with Crippen molar-refractivity contribution in [2.24, 2.45) is 5.92 Å². The summed E-state index contributed by atoms with van der Waals surface area (Å²) in [6, 6.07) is 4.05. The lowest BCUT2D eigenvalue weighted by atomic mass is 9.94. The van der Waals surface area contributed by atoms with Crippen LogP contribution in [0.3, 0.4) is 0 Å². The maximum absolute atomic E-state index is 4.85. The van der Waals surface area contributed by atoms with E-state index in [9.17, 15) is 0 Å². The standard InChI is InChI=1S/C17H26N4/c1-17(2,3)16-19-14-6-5-9-18-15(14)21(16)12-13-7-10-20(4)11-8-13/h5-6,9,13H,7-8,10-12H2,1-4H3. The van der Waals surface area contributed by atoms with Crippen molar-refractivity contribution in [2.45, 2.75) is 45.6 Å². The highest BCUT2D eigenvalue weighted by atomic mass is 15.1. The maximum atomic E-state index is 4.85. The Morgan fingerprint density at radius 3 is 2.62 bits per heavy atom. The van der Waals surface area contributed by atoms with E-state index in [2.05, 4.69) is 48.3 Å². The van der Waals surface area contributed by atoms with Crippen molar-refractivity contribution in [3.63, 3.8) is 0 Å². The second kappa shape index (κ2) is 5.41. The third-order valence-corrected chi connectivity index (χ3v) is 4.45. The lowest BCUT2D eigenvalue weighted by Gasteiger charge is -2.30. The first-order chi connectivity index (χ1) is 9.95. The van der Waals surface area contributed by atoms with Crippen LogP contribution in [0.15, 0.2) is 18.3 Å². The van der Waals surface area contributed by atoms with Gasteiger partial charge >= 0.3 is 0 Å².